The first-order valence-electron chi connectivity index (χ1n) is 10.7. The Kier molecular flexibility index (Phi) is 9.78. The molecule has 1 heterocycles. The largest absolute Gasteiger partial charge is 0.487 e. The van der Waals surface area contributed by atoms with Gasteiger partial charge in [0.1, 0.15) is 24.3 Å². The van der Waals surface area contributed by atoms with E-state index < -0.39 is 10.0 Å². The second kappa shape index (κ2) is 13.0. The first-order valence-corrected chi connectivity index (χ1v) is 13.0. The summed E-state index contributed by atoms with van der Waals surface area (Å²) in [6, 6.07) is 16.2. The molecule has 0 spiro atoms. The van der Waals surface area contributed by atoms with Crippen LogP contribution in [0.1, 0.15) is 24.5 Å². The predicted octanol–water partition coefficient (Wildman–Crippen LogP) is 3.64. The number of anilines is 1. The van der Waals surface area contributed by atoms with Crippen molar-refractivity contribution < 1.29 is 22.6 Å². The second-order valence-electron chi connectivity index (χ2n) is 7.16. The van der Waals surface area contributed by atoms with Crippen molar-refractivity contribution in [2.45, 2.75) is 30.8 Å². The Balaban J connectivity index is 1.72. The van der Waals surface area contributed by atoms with Crippen LogP contribution in [0.15, 0.2) is 59.8 Å². The molecule has 11 heteroatoms. The number of aromatic nitrogens is 2. The van der Waals surface area contributed by atoms with Crippen LogP contribution >= 0.6 is 11.5 Å². The van der Waals surface area contributed by atoms with Gasteiger partial charge in [-0.15, -0.1) is 0 Å². The minimum Gasteiger partial charge on any atom is -0.487 e. The van der Waals surface area contributed by atoms with Crippen molar-refractivity contribution in [1.82, 2.24) is 9.36 Å². The molecular weight excluding hydrogens is 476 g/mol. The lowest BCUT2D eigenvalue weighted by molar-refractivity contribution is 0.0119. The minimum absolute atomic E-state index is 0.0691. The molecule has 180 valence electrons. The fourth-order valence-corrected chi connectivity index (χ4v) is 4.75. The summed E-state index contributed by atoms with van der Waals surface area (Å²) >= 11 is 0.918. The zero-order valence-corrected chi connectivity index (χ0v) is 20.3. The highest BCUT2D eigenvalue weighted by atomic mass is 32.2. The molecule has 0 saturated carbocycles. The quantitative estimate of drug-likeness (QED) is 0.331. The van der Waals surface area contributed by atoms with Gasteiger partial charge in [-0.25, -0.2) is 13.4 Å². The molecule has 0 aliphatic heterocycles. The van der Waals surface area contributed by atoms with Crippen molar-refractivity contribution in [2.75, 3.05) is 31.1 Å². The van der Waals surface area contributed by atoms with Crippen LogP contribution in [0.4, 0.5) is 5.13 Å². The van der Waals surface area contributed by atoms with Gasteiger partial charge in [-0.1, -0.05) is 30.3 Å². The van der Waals surface area contributed by atoms with Crippen molar-refractivity contribution in [3.05, 3.63) is 66.0 Å². The van der Waals surface area contributed by atoms with Gasteiger partial charge in [0.05, 0.1) is 30.3 Å². The highest BCUT2D eigenvalue weighted by Gasteiger charge is 2.20. The number of hydrogen-bond donors (Lipinski definition) is 1. The van der Waals surface area contributed by atoms with E-state index in [0.717, 1.165) is 23.5 Å². The molecule has 2 aromatic carbocycles. The van der Waals surface area contributed by atoms with Crippen LogP contribution in [0.25, 0.3) is 0 Å². The van der Waals surface area contributed by atoms with Crippen LogP contribution in [0.2, 0.25) is 0 Å². The third-order valence-electron chi connectivity index (χ3n) is 4.74. The highest BCUT2D eigenvalue weighted by molar-refractivity contribution is 7.93. The number of benzene rings is 2. The molecule has 0 aliphatic rings. The maximum absolute atomic E-state index is 12.6. The Morgan fingerprint density at radius 1 is 1.15 bits per heavy atom. The number of rotatable bonds is 14. The number of aryl methyl sites for hydroxylation is 1. The minimum atomic E-state index is -3.92. The number of nitriles is 1. The number of nitrogens with zero attached hydrogens (tertiary/aromatic N) is 3. The molecule has 34 heavy (non-hydrogen) atoms. The molecule has 0 amide bonds. The lowest BCUT2D eigenvalue weighted by Gasteiger charge is -2.20. The van der Waals surface area contributed by atoms with E-state index in [2.05, 4.69) is 14.1 Å². The van der Waals surface area contributed by atoms with Crippen LogP contribution < -0.4 is 9.46 Å². The van der Waals surface area contributed by atoms with Gasteiger partial charge >= 0.3 is 0 Å². The average molecular weight is 503 g/mol. The van der Waals surface area contributed by atoms with E-state index in [9.17, 15) is 13.7 Å². The molecule has 3 aromatic rings. The highest BCUT2D eigenvalue weighted by Crippen LogP contribution is 2.25. The van der Waals surface area contributed by atoms with Crippen molar-refractivity contribution in [3.8, 4) is 11.8 Å². The average Bonchev–Trinajstić information content (AvgIpc) is 3.35. The summed E-state index contributed by atoms with van der Waals surface area (Å²) in [7, 11) is -3.92. The van der Waals surface area contributed by atoms with Gasteiger partial charge in [-0.3, -0.25) is 4.72 Å². The van der Waals surface area contributed by atoms with Crippen molar-refractivity contribution in [1.29, 1.82) is 5.26 Å². The first-order chi connectivity index (χ1) is 16.5. The SMILES string of the molecule is CCOCCOCC(CCc1ccccc1)Oc1ccc(S(=O)(=O)Nc2ncns2)cc1C#N. The Bertz CT molecular complexity index is 1170. The van der Waals surface area contributed by atoms with E-state index in [1.807, 2.05) is 43.3 Å². The standard InChI is InChI=1S/C23H26N4O5S2/c1-2-30-12-13-31-16-20(9-8-18-6-4-3-5-7-18)32-22-11-10-21(14-19(22)15-24)34(28,29)27-23-25-17-26-33-23/h3-7,10-11,14,17,20H,2,8-9,12-13,16H2,1H3,(H,25,26,27). The van der Waals surface area contributed by atoms with E-state index in [-0.39, 0.29) is 21.7 Å². The van der Waals surface area contributed by atoms with Gasteiger partial charge < -0.3 is 14.2 Å². The van der Waals surface area contributed by atoms with Gasteiger partial charge in [0.25, 0.3) is 10.0 Å². The van der Waals surface area contributed by atoms with Crippen molar-refractivity contribution >= 4 is 26.7 Å². The fourth-order valence-electron chi connectivity index (χ4n) is 3.06. The summed E-state index contributed by atoms with van der Waals surface area (Å²) in [4.78, 5) is 3.75. The van der Waals surface area contributed by atoms with Crippen LogP contribution in [0.5, 0.6) is 5.75 Å². The monoisotopic (exact) mass is 502 g/mol. The van der Waals surface area contributed by atoms with Gasteiger partial charge in [0.2, 0.25) is 5.13 Å². The molecule has 9 nitrogen and oxygen atoms in total. The Morgan fingerprint density at radius 2 is 1.94 bits per heavy atom. The summed E-state index contributed by atoms with van der Waals surface area (Å²) in [6.07, 6.45) is 2.34. The molecule has 0 bridgehead atoms. The van der Waals surface area contributed by atoms with Gasteiger partial charge in [0, 0.05) is 18.1 Å². The van der Waals surface area contributed by atoms with Gasteiger partial charge in [-0.05, 0) is 43.5 Å². The zero-order valence-electron chi connectivity index (χ0n) is 18.7. The summed E-state index contributed by atoms with van der Waals surface area (Å²) in [5, 5.41) is 9.79. The summed E-state index contributed by atoms with van der Waals surface area (Å²) < 4.78 is 48.5. The fraction of sp³-hybridized carbons (Fsp3) is 0.348. The summed E-state index contributed by atoms with van der Waals surface area (Å²) in [5.41, 5.74) is 1.27. The molecule has 0 fully saturated rings. The van der Waals surface area contributed by atoms with Crippen LogP contribution in [-0.2, 0) is 25.9 Å². The van der Waals surface area contributed by atoms with E-state index >= 15 is 0 Å². The zero-order chi connectivity index (χ0) is 24.2. The molecule has 0 saturated heterocycles. The molecule has 0 aliphatic carbocycles. The summed E-state index contributed by atoms with van der Waals surface area (Å²) in [5.74, 6) is 0.295. The van der Waals surface area contributed by atoms with Crippen molar-refractivity contribution in [2.24, 2.45) is 0 Å². The topological polar surface area (TPSA) is 123 Å². The Hall–Kier alpha value is -3.04. The second-order valence-corrected chi connectivity index (χ2v) is 9.62. The third-order valence-corrected chi connectivity index (χ3v) is 6.78. The number of hydrogen-bond acceptors (Lipinski definition) is 9. The van der Waals surface area contributed by atoms with E-state index in [0.29, 0.717) is 38.6 Å². The van der Waals surface area contributed by atoms with Crippen LogP contribution in [0, 0.1) is 11.3 Å². The lowest BCUT2D eigenvalue weighted by Crippen LogP contribution is -2.25. The maximum Gasteiger partial charge on any atom is 0.263 e. The molecule has 1 unspecified atom stereocenters. The van der Waals surface area contributed by atoms with Crippen LogP contribution in [0.3, 0.4) is 0 Å². The van der Waals surface area contributed by atoms with E-state index in [4.69, 9.17) is 14.2 Å². The summed E-state index contributed by atoms with van der Waals surface area (Å²) in [6.45, 7) is 3.76. The number of sulfonamides is 1. The number of ether oxygens (including phenoxy) is 3. The molecule has 1 aromatic heterocycles. The Labute approximate surface area is 203 Å². The predicted molar refractivity (Wildman–Crippen MR) is 128 cm³/mol. The van der Waals surface area contributed by atoms with Gasteiger partial charge in [0.15, 0.2) is 0 Å². The lowest BCUT2D eigenvalue weighted by atomic mass is 10.1. The Morgan fingerprint density at radius 3 is 2.65 bits per heavy atom. The third kappa shape index (κ3) is 7.78. The molecular formula is C23H26N4O5S2. The van der Waals surface area contributed by atoms with E-state index in [1.54, 1.807) is 0 Å². The smallest absolute Gasteiger partial charge is 0.263 e. The van der Waals surface area contributed by atoms with Gasteiger partial charge in [-0.2, -0.15) is 9.64 Å². The molecule has 3 rings (SSSR count). The maximum atomic E-state index is 12.6. The van der Waals surface area contributed by atoms with Crippen LogP contribution in [-0.4, -0.2) is 50.3 Å². The first kappa shape index (κ1) is 25.6. The van der Waals surface area contributed by atoms with Crippen molar-refractivity contribution in [3.63, 3.8) is 0 Å². The molecule has 0 radical (unpaired) electrons. The normalized spacial score (nSPS) is 12.1. The molecule has 1 atom stereocenters. The number of nitrogens with one attached hydrogen (secondary N) is 1. The molecule has 1 N–H and O–H groups in total. The van der Waals surface area contributed by atoms with E-state index in [1.165, 1.54) is 24.5 Å².